The van der Waals surface area contributed by atoms with E-state index in [4.69, 9.17) is 0 Å². The number of thiol groups is 1. The number of phenolic OH excluding ortho intramolecular Hbond substituents is 1. The minimum atomic E-state index is 0.389. The number of hydrogen-bond donors (Lipinski definition) is 2. The maximum absolute atomic E-state index is 10.2. The van der Waals surface area contributed by atoms with E-state index in [0.29, 0.717) is 20.2 Å². The Bertz CT molecular complexity index is 736. The fourth-order valence-corrected chi connectivity index (χ4v) is 4.52. The van der Waals surface area contributed by atoms with Crippen LogP contribution < -0.4 is 10.6 Å². The maximum Gasteiger partial charge on any atom is 0.123 e. The summed E-state index contributed by atoms with van der Waals surface area (Å²) in [5.74, 6) is 1.67. The van der Waals surface area contributed by atoms with Crippen molar-refractivity contribution in [3.05, 3.63) is 77.9 Å². The van der Waals surface area contributed by atoms with Gasteiger partial charge in [0.25, 0.3) is 0 Å². The van der Waals surface area contributed by atoms with Crippen molar-refractivity contribution in [3.63, 3.8) is 0 Å². The highest BCUT2D eigenvalue weighted by atomic mass is 32.1. The van der Waals surface area contributed by atoms with Gasteiger partial charge < -0.3 is 5.11 Å². The van der Waals surface area contributed by atoms with E-state index in [-0.39, 0.29) is 0 Å². The van der Waals surface area contributed by atoms with Gasteiger partial charge in [0, 0.05) is 11.1 Å². The third-order valence-corrected chi connectivity index (χ3v) is 5.85. The van der Waals surface area contributed by atoms with E-state index >= 15 is 0 Å². The molecule has 2 unspecified atom stereocenters. The van der Waals surface area contributed by atoms with Crippen LogP contribution in [-0.4, -0.2) is 5.11 Å². The third-order valence-electron chi connectivity index (χ3n) is 4.09. The largest absolute Gasteiger partial charge is 0.507 e. The van der Waals surface area contributed by atoms with Crippen LogP contribution in [0.4, 0.5) is 0 Å². The number of benzene rings is 2. The highest BCUT2D eigenvalue weighted by Crippen LogP contribution is 2.24. The first kappa shape index (κ1) is 16.4. The molecule has 1 N–H and O–H groups in total. The van der Waals surface area contributed by atoms with Gasteiger partial charge in [-0.05, 0) is 47.3 Å². The lowest BCUT2D eigenvalue weighted by atomic mass is 9.93. The summed E-state index contributed by atoms with van der Waals surface area (Å²) in [5, 5.41) is 12.5. The number of hydrogen-bond acceptors (Lipinski definition) is 2. The van der Waals surface area contributed by atoms with Gasteiger partial charge in [-0.15, -0.1) is 0 Å². The Morgan fingerprint density at radius 2 is 1.96 bits per heavy atom. The monoisotopic (exact) mass is 340 g/mol. The topological polar surface area (TPSA) is 20.2 Å². The number of rotatable bonds is 5. The van der Waals surface area contributed by atoms with Crippen molar-refractivity contribution in [1.29, 1.82) is 0 Å². The van der Waals surface area contributed by atoms with Crippen molar-refractivity contribution < 1.29 is 5.11 Å². The molecule has 2 aromatic carbocycles. The first-order chi connectivity index (χ1) is 11.3. The fraction of sp³-hybridized carbons (Fsp3) is 0.200. The average Bonchev–Trinajstić information content (AvgIpc) is 2.59. The van der Waals surface area contributed by atoms with E-state index in [1.807, 2.05) is 18.2 Å². The lowest BCUT2D eigenvalue weighted by Crippen LogP contribution is -2.10. The average molecular weight is 340 g/mol. The quantitative estimate of drug-likeness (QED) is 0.619. The molecular weight excluding hydrogens is 319 g/mol. The molecule has 0 spiro atoms. The van der Waals surface area contributed by atoms with Crippen LogP contribution in [0.2, 0.25) is 0 Å². The highest BCUT2D eigenvalue weighted by molar-refractivity contribution is 7.79. The van der Waals surface area contributed by atoms with Crippen LogP contribution >= 0.6 is 21.2 Å². The second-order valence-electron chi connectivity index (χ2n) is 5.80. The molecule has 1 aliphatic carbocycles. The van der Waals surface area contributed by atoms with Gasteiger partial charge in [0.1, 0.15) is 5.75 Å². The Labute approximate surface area is 145 Å². The van der Waals surface area contributed by atoms with Crippen molar-refractivity contribution in [1.82, 2.24) is 0 Å². The second kappa shape index (κ2) is 7.86. The number of allylic oxidation sites excluding steroid dienone is 4. The zero-order chi connectivity index (χ0) is 16.1. The van der Waals surface area contributed by atoms with E-state index in [9.17, 15) is 5.11 Å². The third kappa shape index (κ3) is 4.28. The molecule has 118 valence electrons. The van der Waals surface area contributed by atoms with Crippen molar-refractivity contribution in [2.45, 2.75) is 18.6 Å². The molecule has 1 aliphatic rings. The fourth-order valence-electron chi connectivity index (χ4n) is 2.82. The van der Waals surface area contributed by atoms with Crippen molar-refractivity contribution >= 4 is 31.8 Å². The molecule has 2 atom stereocenters. The van der Waals surface area contributed by atoms with Crippen molar-refractivity contribution in [2.24, 2.45) is 5.92 Å². The van der Waals surface area contributed by atoms with Gasteiger partial charge in [-0.25, -0.2) is 0 Å². The molecule has 0 saturated heterocycles. The Morgan fingerprint density at radius 3 is 2.74 bits per heavy atom. The summed E-state index contributed by atoms with van der Waals surface area (Å²) in [6.07, 6.45) is 10.8. The van der Waals surface area contributed by atoms with Gasteiger partial charge in [0.05, 0.1) is 0 Å². The lowest BCUT2D eigenvalue weighted by Gasteiger charge is -2.15. The summed E-state index contributed by atoms with van der Waals surface area (Å²) in [4.78, 5) is 0. The zero-order valence-electron chi connectivity index (χ0n) is 12.9. The van der Waals surface area contributed by atoms with Crippen LogP contribution in [0, 0.1) is 5.92 Å². The van der Waals surface area contributed by atoms with Gasteiger partial charge >= 0.3 is 0 Å². The van der Waals surface area contributed by atoms with Crippen molar-refractivity contribution in [2.75, 3.05) is 0 Å². The normalized spacial score (nSPS) is 17.2. The van der Waals surface area contributed by atoms with Gasteiger partial charge in [-0.1, -0.05) is 63.2 Å². The number of aromatic hydroxyl groups is 1. The molecule has 0 fully saturated rings. The molecule has 23 heavy (non-hydrogen) atoms. The summed E-state index contributed by atoms with van der Waals surface area (Å²) in [6, 6.07) is 14.4. The van der Waals surface area contributed by atoms with E-state index in [1.54, 1.807) is 0 Å². The summed E-state index contributed by atoms with van der Waals surface area (Å²) < 4.78 is 0. The Hall–Kier alpha value is -1.50. The molecule has 3 rings (SSSR count). The smallest absolute Gasteiger partial charge is 0.123 e. The summed E-state index contributed by atoms with van der Waals surface area (Å²) >= 11 is 4.41. The molecule has 0 aliphatic heterocycles. The van der Waals surface area contributed by atoms with E-state index in [1.165, 1.54) is 16.4 Å². The van der Waals surface area contributed by atoms with E-state index < -0.39 is 0 Å². The summed E-state index contributed by atoms with van der Waals surface area (Å²) in [5.41, 5.74) is 2.53. The maximum atomic E-state index is 10.2. The summed E-state index contributed by atoms with van der Waals surface area (Å²) in [7, 11) is 0.459. The predicted molar refractivity (Wildman–Crippen MR) is 105 cm³/mol. The summed E-state index contributed by atoms with van der Waals surface area (Å²) in [6.45, 7) is 0. The minimum absolute atomic E-state index is 0.389. The van der Waals surface area contributed by atoms with Crippen LogP contribution in [0.25, 0.3) is 0 Å². The first-order valence-electron chi connectivity index (χ1n) is 7.87. The molecule has 0 bridgehead atoms. The Kier molecular flexibility index (Phi) is 5.59. The van der Waals surface area contributed by atoms with Crippen LogP contribution in [0.15, 0.2) is 66.8 Å². The Morgan fingerprint density at radius 1 is 1.09 bits per heavy atom. The molecular formula is C20H21OPS. The van der Waals surface area contributed by atoms with Crippen LogP contribution in [0.1, 0.15) is 17.5 Å². The van der Waals surface area contributed by atoms with Crippen LogP contribution in [0.3, 0.4) is 0 Å². The van der Waals surface area contributed by atoms with Gasteiger partial charge in [0.15, 0.2) is 0 Å². The predicted octanol–water partition coefficient (Wildman–Crippen LogP) is 4.13. The van der Waals surface area contributed by atoms with Gasteiger partial charge in [-0.2, -0.15) is 12.6 Å². The lowest BCUT2D eigenvalue weighted by molar-refractivity contribution is 0.479. The molecule has 3 heteroatoms. The molecule has 2 aromatic rings. The highest BCUT2D eigenvalue weighted by Gasteiger charge is 2.10. The van der Waals surface area contributed by atoms with Gasteiger partial charge in [0.2, 0.25) is 0 Å². The van der Waals surface area contributed by atoms with Crippen molar-refractivity contribution in [3.8, 4) is 5.75 Å². The molecule has 0 aromatic heterocycles. The standard InChI is InChI=1S/C20H21OPS/c21-18-11-10-16(12-15-6-2-1-3-7-15)13-20(18)22-19-9-5-4-8-17(19)14-23/h1-6,8-11,13,15,21-23H,7,12,14H2. The molecule has 0 saturated carbocycles. The molecule has 0 heterocycles. The Balaban J connectivity index is 1.80. The first-order valence-corrected chi connectivity index (χ1v) is 9.50. The second-order valence-corrected chi connectivity index (χ2v) is 7.45. The SMILES string of the molecule is Oc1ccc(CC2C=CC=CC2)cc1Pc1ccccc1CS. The molecule has 0 amide bonds. The van der Waals surface area contributed by atoms with Gasteiger partial charge in [-0.3, -0.25) is 0 Å². The number of phenols is 1. The van der Waals surface area contributed by atoms with E-state index in [0.717, 1.165) is 23.9 Å². The van der Waals surface area contributed by atoms with Crippen LogP contribution in [-0.2, 0) is 12.2 Å². The zero-order valence-corrected chi connectivity index (χ0v) is 14.8. The molecule has 1 nitrogen and oxygen atoms in total. The van der Waals surface area contributed by atoms with Crippen LogP contribution in [0.5, 0.6) is 5.75 Å². The molecule has 0 radical (unpaired) electrons. The minimum Gasteiger partial charge on any atom is -0.507 e. The van der Waals surface area contributed by atoms with E-state index in [2.05, 4.69) is 61.2 Å².